The van der Waals surface area contributed by atoms with Crippen LogP contribution in [0.4, 0.5) is 4.39 Å². The van der Waals surface area contributed by atoms with Crippen molar-refractivity contribution in [3.63, 3.8) is 0 Å². The lowest BCUT2D eigenvalue weighted by atomic mass is 10.1. The molecule has 0 aromatic heterocycles. The van der Waals surface area contributed by atoms with Gasteiger partial charge in [-0.05, 0) is 49.9 Å². The molecule has 16 heavy (non-hydrogen) atoms. The molecule has 0 spiro atoms. The first kappa shape index (κ1) is 11.9. The van der Waals surface area contributed by atoms with Crippen molar-refractivity contribution in [1.82, 2.24) is 5.32 Å². The Morgan fingerprint density at radius 3 is 3.00 bits per heavy atom. The van der Waals surface area contributed by atoms with Crippen LogP contribution in [-0.4, -0.2) is 13.1 Å². The van der Waals surface area contributed by atoms with Crippen molar-refractivity contribution in [2.45, 2.75) is 25.7 Å². The zero-order valence-corrected chi connectivity index (χ0v) is 10.2. The lowest BCUT2D eigenvalue weighted by molar-refractivity contribution is 0.591. The van der Waals surface area contributed by atoms with Gasteiger partial charge in [0.05, 0.1) is 0 Å². The molecule has 3 heteroatoms. The number of hydrogen-bond acceptors (Lipinski definition) is 1. The Morgan fingerprint density at radius 1 is 1.50 bits per heavy atom. The predicted molar refractivity (Wildman–Crippen MR) is 65.4 cm³/mol. The fourth-order valence-corrected chi connectivity index (χ4v) is 2.46. The maximum atomic E-state index is 13.6. The van der Waals surface area contributed by atoms with E-state index in [9.17, 15) is 4.39 Å². The highest BCUT2D eigenvalue weighted by Crippen LogP contribution is 2.49. The summed E-state index contributed by atoms with van der Waals surface area (Å²) < 4.78 is 13.6. The van der Waals surface area contributed by atoms with Crippen molar-refractivity contribution in [2.24, 2.45) is 5.92 Å². The van der Waals surface area contributed by atoms with E-state index >= 15 is 0 Å². The van der Waals surface area contributed by atoms with Gasteiger partial charge >= 0.3 is 0 Å². The molecule has 0 radical (unpaired) electrons. The van der Waals surface area contributed by atoms with Gasteiger partial charge in [-0.25, -0.2) is 4.39 Å². The van der Waals surface area contributed by atoms with E-state index in [0.29, 0.717) is 22.4 Å². The van der Waals surface area contributed by atoms with Crippen LogP contribution < -0.4 is 5.32 Å². The number of halogens is 2. The second-order valence-electron chi connectivity index (χ2n) is 4.44. The summed E-state index contributed by atoms with van der Waals surface area (Å²) in [6.07, 6.45) is 2.19. The van der Waals surface area contributed by atoms with E-state index in [2.05, 4.69) is 12.2 Å². The van der Waals surface area contributed by atoms with Crippen molar-refractivity contribution >= 4 is 11.6 Å². The molecule has 0 amide bonds. The van der Waals surface area contributed by atoms with Gasteiger partial charge in [-0.2, -0.15) is 0 Å². The molecule has 0 bridgehead atoms. The highest BCUT2D eigenvalue weighted by atomic mass is 35.5. The summed E-state index contributed by atoms with van der Waals surface area (Å²) in [5, 5.41) is 3.94. The Bertz CT molecular complexity index is 347. The van der Waals surface area contributed by atoms with Gasteiger partial charge < -0.3 is 5.32 Å². The minimum atomic E-state index is -0.157. The molecular weight excluding hydrogens is 225 g/mol. The molecule has 2 rings (SSSR count). The SMILES string of the molecule is CCCNCC1CC1c1c(F)cccc1Cl. The third kappa shape index (κ3) is 2.55. The van der Waals surface area contributed by atoms with Gasteiger partial charge in [0.2, 0.25) is 0 Å². The first-order valence-corrected chi connectivity index (χ1v) is 6.26. The number of nitrogens with one attached hydrogen (secondary N) is 1. The molecule has 88 valence electrons. The third-order valence-electron chi connectivity index (χ3n) is 3.13. The Kier molecular flexibility index (Phi) is 3.82. The van der Waals surface area contributed by atoms with E-state index in [4.69, 9.17) is 11.6 Å². The standard InChI is InChI=1S/C13H17ClFN/c1-2-6-16-8-9-7-10(9)13-11(14)4-3-5-12(13)15/h3-5,9-10,16H,2,6-8H2,1H3. The summed E-state index contributed by atoms with van der Waals surface area (Å²) >= 11 is 6.03. The highest BCUT2D eigenvalue weighted by molar-refractivity contribution is 6.31. The van der Waals surface area contributed by atoms with Crippen molar-refractivity contribution in [3.05, 3.63) is 34.6 Å². The van der Waals surface area contributed by atoms with Crippen LogP contribution in [0.3, 0.4) is 0 Å². The number of benzene rings is 1. The fourth-order valence-electron chi connectivity index (χ4n) is 2.16. The van der Waals surface area contributed by atoms with Gasteiger partial charge in [0.1, 0.15) is 5.82 Å². The molecule has 2 atom stereocenters. The summed E-state index contributed by atoms with van der Waals surface area (Å²) in [7, 11) is 0. The monoisotopic (exact) mass is 241 g/mol. The minimum absolute atomic E-state index is 0.157. The van der Waals surface area contributed by atoms with E-state index < -0.39 is 0 Å². The van der Waals surface area contributed by atoms with E-state index in [1.54, 1.807) is 12.1 Å². The summed E-state index contributed by atoms with van der Waals surface area (Å²) in [4.78, 5) is 0. The second-order valence-corrected chi connectivity index (χ2v) is 4.85. The Balaban J connectivity index is 1.95. The largest absolute Gasteiger partial charge is 0.316 e. The molecule has 1 aliphatic rings. The molecule has 2 unspecified atom stereocenters. The molecule has 1 aromatic rings. The average molecular weight is 242 g/mol. The zero-order chi connectivity index (χ0) is 11.5. The summed E-state index contributed by atoms with van der Waals surface area (Å²) in [6, 6.07) is 4.93. The van der Waals surface area contributed by atoms with Crippen LogP contribution in [-0.2, 0) is 0 Å². The quantitative estimate of drug-likeness (QED) is 0.777. The van der Waals surface area contributed by atoms with Crippen molar-refractivity contribution in [2.75, 3.05) is 13.1 Å². The molecular formula is C13H17ClFN. The smallest absolute Gasteiger partial charge is 0.128 e. The topological polar surface area (TPSA) is 12.0 Å². The summed E-state index contributed by atoms with van der Waals surface area (Å²) in [5.74, 6) is 0.717. The Hall–Kier alpha value is -0.600. The minimum Gasteiger partial charge on any atom is -0.316 e. The molecule has 0 heterocycles. The van der Waals surface area contributed by atoms with E-state index in [1.165, 1.54) is 6.07 Å². The van der Waals surface area contributed by atoms with Crippen molar-refractivity contribution in [3.8, 4) is 0 Å². The number of rotatable bonds is 5. The summed E-state index contributed by atoms with van der Waals surface area (Å²) in [6.45, 7) is 4.16. The van der Waals surface area contributed by atoms with Crippen molar-refractivity contribution in [1.29, 1.82) is 0 Å². The zero-order valence-electron chi connectivity index (χ0n) is 9.47. The lowest BCUT2D eigenvalue weighted by Crippen LogP contribution is -2.18. The number of hydrogen-bond donors (Lipinski definition) is 1. The Labute approximate surface area is 101 Å². The van der Waals surface area contributed by atoms with Gasteiger partial charge in [-0.1, -0.05) is 24.6 Å². The molecule has 0 aliphatic heterocycles. The Morgan fingerprint density at radius 2 is 2.31 bits per heavy atom. The van der Waals surface area contributed by atoms with Gasteiger partial charge in [0.25, 0.3) is 0 Å². The molecule has 1 aromatic carbocycles. The molecule has 1 saturated carbocycles. The normalized spacial score (nSPS) is 23.4. The van der Waals surface area contributed by atoms with E-state index in [1.807, 2.05) is 0 Å². The molecule has 1 N–H and O–H groups in total. The fraction of sp³-hybridized carbons (Fsp3) is 0.538. The molecule has 1 aliphatic carbocycles. The third-order valence-corrected chi connectivity index (χ3v) is 3.46. The molecule has 1 fully saturated rings. The van der Waals surface area contributed by atoms with Crippen LogP contribution in [0.1, 0.15) is 31.2 Å². The van der Waals surface area contributed by atoms with Crippen LogP contribution in [0.15, 0.2) is 18.2 Å². The van der Waals surface area contributed by atoms with Crippen LogP contribution >= 0.6 is 11.6 Å². The average Bonchev–Trinajstić information content (AvgIpc) is 2.98. The van der Waals surface area contributed by atoms with Crippen LogP contribution in [0.2, 0.25) is 5.02 Å². The van der Waals surface area contributed by atoms with Crippen LogP contribution in [0, 0.1) is 11.7 Å². The predicted octanol–water partition coefficient (Wildman–Crippen LogP) is 3.58. The van der Waals surface area contributed by atoms with E-state index in [0.717, 1.165) is 25.9 Å². The van der Waals surface area contributed by atoms with Gasteiger partial charge in [-0.15, -0.1) is 0 Å². The molecule has 0 saturated heterocycles. The highest BCUT2D eigenvalue weighted by Gasteiger charge is 2.40. The van der Waals surface area contributed by atoms with Gasteiger partial charge in [0, 0.05) is 10.6 Å². The lowest BCUT2D eigenvalue weighted by Gasteiger charge is -2.05. The van der Waals surface area contributed by atoms with Crippen LogP contribution in [0.5, 0.6) is 0 Å². The first-order chi connectivity index (χ1) is 7.74. The summed E-state index contributed by atoms with van der Waals surface area (Å²) in [5.41, 5.74) is 0.715. The maximum absolute atomic E-state index is 13.6. The van der Waals surface area contributed by atoms with Gasteiger partial charge in [0.15, 0.2) is 0 Å². The second kappa shape index (κ2) is 5.15. The van der Waals surface area contributed by atoms with E-state index in [-0.39, 0.29) is 5.82 Å². The molecule has 1 nitrogen and oxygen atoms in total. The maximum Gasteiger partial charge on any atom is 0.128 e. The van der Waals surface area contributed by atoms with Crippen LogP contribution in [0.25, 0.3) is 0 Å². The van der Waals surface area contributed by atoms with Crippen molar-refractivity contribution < 1.29 is 4.39 Å². The first-order valence-electron chi connectivity index (χ1n) is 5.88. The van der Waals surface area contributed by atoms with Gasteiger partial charge in [-0.3, -0.25) is 0 Å².